The summed E-state index contributed by atoms with van der Waals surface area (Å²) in [6.45, 7) is 0.801. The molecule has 1 aliphatic heterocycles. The number of fused-ring (bicyclic) bond motifs is 1. The molecule has 1 N–H and O–H groups in total. The fraction of sp³-hybridized carbons (Fsp3) is 0.250. The van der Waals surface area contributed by atoms with Crippen LogP contribution < -0.4 is 19.5 Å². The highest BCUT2D eigenvalue weighted by Crippen LogP contribution is 2.34. The molecule has 2 aromatic carbocycles. The van der Waals surface area contributed by atoms with Crippen LogP contribution in [-0.2, 0) is 10.5 Å². The summed E-state index contributed by atoms with van der Waals surface area (Å²) in [5.74, 6) is 9.04. The number of nitrogens with one attached hydrogen (secondary N) is 1. The van der Waals surface area contributed by atoms with E-state index in [0.29, 0.717) is 23.8 Å². The van der Waals surface area contributed by atoms with Gasteiger partial charge < -0.3 is 19.5 Å². The Morgan fingerprint density at radius 3 is 2.85 bits per heavy atom. The average molecular weight is 369 g/mol. The second-order valence-electron chi connectivity index (χ2n) is 5.41. The molecular formula is C20H19NO4S. The molecular weight excluding hydrogens is 350 g/mol. The molecule has 1 heterocycles. The van der Waals surface area contributed by atoms with Gasteiger partial charge in [0.05, 0.1) is 12.3 Å². The molecule has 0 saturated carbocycles. The van der Waals surface area contributed by atoms with Crippen molar-refractivity contribution < 1.29 is 19.0 Å². The summed E-state index contributed by atoms with van der Waals surface area (Å²) in [6, 6.07) is 15.5. The van der Waals surface area contributed by atoms with E-state index in [1.807, 2.05) is 18.2 Å². The Morgan fingerprint density at radius 1 is 1.12 bits per heavy atom. The quantitative estimate of drug-likeness (QED) is 0.761. The minimum Gasteiger partial charge on any atom is -0.481 e. The lowest BCUT2D eigenvalue weighted by Crippen LogP contribution is -2.25. The molecule has 0 aromatic heterocycles. The van der Waals surface area contributed by atoms with E-state index in [1.165, 1.54) is 5.56 Å². The first kappa shape index (κ1) is 18.0. The van der Waals surface area contributed by atoms with Crippen molar-refractivity contribution in [3.8, 4) is 29.1 Å². The van der Waals surface area contributed by atoms with Crippen LogP contribution in [0.2, 0.25) is 0 Å². The Balaban J connectivity index is 1.28. The Bertz CT molecular complexity index is 798. The Labute approximate surface area is 157 Å². The normalized spacial score (nSPS) is 11.4. The maximum atomic E-state index is 11.7. The zero-order chi connectivity index (χ0) is 18.0. The molecule has 0 saturated heterocycles. The molecule has 6 heteroatoms. The van der Waals surface area contributed by atoms with Gasteiger partial charge in [-0.25, -0.2) is 0 Å². The van der Waals surface area contributed by atoms with Crippen LogP contribution in [0.25, 0.3) is 0 Å². The largest absolute Gasteiger partial charge is 0.481 e. The molecule has 134 valence electrons. The Hall–Kier alpha value is -2.78. The molecule has 0 radical (unpaired) electrons. The van der Waals surface area contributed by atoms with E-state index >= 15 is 0 Å². The predicted molar refractivity (Wildman–Crippen MR) is 101 cm³/mol. The number of rotatable bonds is 7. The van der Waals surface area contributed by atoms with Crippen LogP contribution >= 0.6 is 11.8 Å². The number of amides is 1. The van der Waals surface area contributed by atoms with Crippen LogP contribution in [0.4, 0.5) is 0 Å². The van der Waals surface area contributed by atoms with E-state index in [4.69, 9.17) is 14.2 Å². The van der Waals surface area contributed by atoms with E-state index in [2.05, 4.69) is 29.3 Å². The number of carbonyl (C=O) groups is 1. The smallest absolute Gasteiger partial charge is 0.231 e. The molecule has 5 nitrogen and oxygen atoms in total. The van der Waals surface area contributed by atoms with Crippen molar-refractivity contribution in [3.63, 3.8) is 0 Å². The van der Waals surface area contributed by atoms with Crippen molar-refractivity contribution in [2.75, 3.05) is 25.7 Å². The molecule has 1 aliphatic rings. The SMILES string of the molecule is O=C(CSCc1ccccc1)NCC#CCOc1ccc2c(c1)OCO2. The van der Waals surface area contributed by atoms with Crippen molar-refractivity contribution in [1.82, 2.24) is 5.32 Å². The third-order valence-corrected chi connectivity index (χ3v) is 4.50. The van der Waals surface area contributed by atoms with E-state index in [1.54, 1.807) is 30.0 Å². The summed E-state index contributed by atoms with van der Waals surface area (Å²) < 4.78 is 16.0. The van der Waals surface area contributed by atoms with Gasteiger partial charge in [0.1, 0.15) is 12.4 Å². The summed E-state index contributed by atoms with van der Waals surface area (Å²) in [7, 11) is 0. The summed E-state index contributed by atoms with van der Waals surface area (Å²) in [5.41, 5.74) is 1.21. The first-order chi connectivity index (χ1) is 12.8. The van der Waals surface area contributed by atoms with Gasteiger partial charge in [0.25, 0.3) is 0 Å². The minimum absolute atomic E-state index is 0.0167. The standard InChI is InChI=1S/C20H19NO4S/c22-20(14-26-13-16-6-2-1-3-7-16)21-10-4-5-11-23-17-8-9-18-19(12-17)25-15-24-18/h1-3,6-9,12H,10-11,13-15H2,(H,21,22). The van der Waals surface area contributed by atoms with Crippen LogP contribution in [0.15, 0.2) is 48.5 Å². The maximum Gasteiger partial charge on any atom is 0.231 e. The average Bonchev–Trinajstić information content (AvgIpc) is 3.13. The molecule has 0 bridgehead atoms. The zero-order valence-corrected chi connectivity index (χ0v) is 15.0. The van der Waals surface area contributed by atoms with Gasteiger partial charge in [0.2, 0.25) is 12.7 Å². The fourth-order valence-electron chi connectivity index (χ4n) is 2.23. The molecule has 2 aromatic rings. The van der Waals surface area contributed by atoms with Gasteiger partial charge in [-0.3, -0.25) is 4.79 Å². The van der Waals surface area contributed by atoms with Crippen molar-refractivity contribution in [1.29, 1.82) is 0 Å². The first-order valence-corrected chi connectivity index (χ1v) is 9.33. The van der Waals surface area contributed by atoms with Crippen LogP contribution in [0.3, 0.4) is 0 Å². The Kier molecular flexibility index (Phi) is 6.68. The topological polar surface area (TPSA) is 56.8 Å². The number of benzene rings is 2. The van der Waals surface area contributed by atoms with E-state index in [-0.39, 0.29) is 19.3 Å². The molecule has 0 atom stereocenters. The summed E-state index contributed by atoms with van der Waals surface area (Å²) in [6.07, 6.45) is 0. The van der Waals surface area contributed by atoms with Gasteiger partial charge in [-0.15, -0.1) is 11.8 Å². The molecule has 0 spiro atoms. The van der Waals surface area contributed by atoms with Gasteiger partial charge in [-0.05, 0) is 17.7 Å². The second kappa shape index (κ2) is 9.64. The maximum absolute atomic E-state index is 11.7. The summed E-state index contributed by atoms with van der Waals surface area (Å²) in [5, 5.41) is 2.78. The fourth-order valence-corrected chi connectivity index (χ4v) is 3.05. The van der Waals surface area contributed by atoms with E-state index in [0.717, 1.165) is 11.5 Å². The van der Waals surface area contributed by atoms with Crippen molar-refractivity contribution in [2.45, 2.75) is 5.75 Å². The summed E-state index contributed by atoms with van der Waals surface area (Å²) >= 11 is 1.58. The highest BCUT2D eigenvalue weighted by atomic mass is 32.2. The highest BCUT2D eigenvalue weighted by molar-refractivity contribution is 7.99. The number of hydrogen-bond donors (Lipinski definition) is 1. The lowest BCUT2D eigenvalue weighted by molar-refractivity contribution is -0.118. The zero-order valence-electron chi connectivity index (χ0n) is 14.2. The molecule has 0 aliphatic carbocycles. The minimum atomic E-state index is -0.0167. The highest BCUT2D eigenvalue weighted by Gasteiger charge is 2.13. The first-order valence-electron chi connectivity index (χ1n) is 8.18. The lowest BCUT2D eigenvalue weighted by atomic mass is 10.2. The number of thioether (sulfide) groups is 1. The second-order valence-corrected chi connectivity index (χ2v) is 6.40. The third-order valence-electron chi connectivity index (χ3n) is 3.50. The van der Waals surface area contributed by atoms with Crippen LogP contribution in [0.5, 0.6) is 17.2 Å². The lowest BCUT2D eigenvalue weighted by Gasteiger charge is -2.03. The number of carbonyl (C=O) groups excluding carboxylic acids is 1. The van der Waals surface area contributed by atoms with E-state index in [9.17, 15) is 4.79 Å². The van der Waals surface area contributed by atoms with Gasteiger partial charge in [-0.1, -0.05) is 42.2 Å². The van der Waals surface area contributed by atoms with Crippen molar-refractivity contribution >= 4 is 17.7 Å². The summed E-state index contributed by atoms with van der Waals surface area (Å²) in [4.78, 5) is 11.7. The number of ether oxygens (including phenoxy) is 3. The van der Waals surface area contributed by atoms with Gasteiger partial charge in [0.15, 0.2) is 11.5 Å². The van der Waals surface area contributed by atoms with Crippen LogP contribution in [-0.4, -0.2) is 31.6 Å². The van der Waals surface area contributed by atoms with Crippen molar-refractivity contribution in [3.05, 3.63) is 54.1 Å². The predicted octanol–water partition coefficient (Wildman–Crippen LogP) is 2.85. The van der Waals surface area contributed by atoms with Gasteiger partial charge >= 0.3 is 0 Å². The molecule has 0 fully saturated rings. The monoisotopic (exact) mass is 369 g/mol. The molecule has 26 heavy (non-hydrogen) atoms. The van der Waals surface area contributed by atoms with Crippen LogP contribution in [0, 0.1) is 11.8 Å². The van der Waals surface area contributed by atoms with Crippen LogP contribution in [0.1, 0.15) is 5.56 Å². The number of hydrogen-bond acceptors (Lipinski definition) is 5. The van der Waals surface area contributed by atoms with E-state index < -0.39 is 0 Å². The van der Waals surface area contributed by atoms with Gasteiger partial charge in [0, 0.05) is 11.8 Å². The molecule has 1 amide bonds. The third kappa shape index (κ3) is 5.64. The van der Waals surface area contributed by atoms with Crippen molar-refractivity contribution in [2.24, 2.45) is 0 Å². The Morgan fingerprint density at radius 2 is 1.96 bits per heavy atom. The molecule has 0 unspecified atom stereocenters. The van der Waals surface area contributed by atoms with Gasteiger partial charge in [-0.2, -0.15) is 0 Å². The molecule has 3 rings (SSSR count).